The number of amides is 1. The molecule has 1 fully saturated rings. The van der Waals surface area contributed by atoms with Gasteiger partial charge in [-0.25, -0.2) is 8.42 Å². The van der Waals surface area contributed by atoms with Crippen LogP contribution >= 0.6 is 11.6 Å². The third-order valence-electron chi connectivity index (χ3n) is 5.72. The maximum atomic E-state index is 12.8. The zero-order valence-corrected chi connectivity index (χ0v) is 19.9. The molecule has 2 N–H and O–H groups in total. The fourth-order valence-corrected chi connectivity index (χ4v) is 5.25. The van der Waals surface area contributed by atoms with E-state index in [2.05, 4.69) is 27.1 Å². The van der Waals surface area contributed by atoms with Gasteiger partial charge in [-0.2, -0.15) is 0 Å². The number of halogens is 1. The zero-order chi connectivity index (χ0) is 23.4. The van der Waals surface area contributed by atoms with Crippen LogP contribution in [0.1, 0.15) is 22.3 Å². The number of hydrogen-bond acceptors (Lipinski definition) is 4. The van der Waals surface area contributed by atoms with Gasteiger partial charge in [-0.05, 0) is 67.3 Å². The first-order chi connectivity index (χ1) is 15.8. The molecule has 0 aromatic heterocycles. The average Bonchev–Trinajstić information content (AvgIpc) is 3.27. The Morgan fingerprint density at radius 2 is 1.85 bits per heavy atom. The fraction of sp³-hybridized carbons (Fsp3) is 0.240. The van der Waals surface area contributed by atoms with E-state index in [9.17, 15) is 13.2 Å². The Bertz CT molecular complexity index is 1250. The minimum absolute atomic E-state index is 0.0188. The molecule has 8 heteroatoms. The van der Waals surface area contributed by atoms with E-state index in [0.717, 1.165) is 25.1 Å². The molecule has 3 aromatic rings. The van der Waals surface area contributed by atoms with Crippen LogP contribution in [0.25, 0.3) is 0 Å². The number of benzene rings is 3. The number of aryl methyl sites for hydroxylation is 1. The van der Waals surface area contributed by atoms with E-state index in [0.29, 0.717) is 18.2 Å². The molecule has 1 aliphatic heterocycles. The van der Waals surface area contributed by atoms with Crippen molar-refractivity contribution in [3.8, 4) is 0 Å². The lowest BCUT2D eigenvalue weighted by Gasteiger charge is -2.18. The summed E-state index contributed by atoms with van der Waals surface area (Å²) < 4.78 is 28.2. The molecule has 1 atom stereocenters. The van der Waals surface area contributed by atoms with Crippen LogP contribution in [0.15, 0.2) is 77.7 Å². The van der Waals surface area contributed by atoms with Crippen molar-refractivity contribution in [2.45, 2.75) is 18.2 Å². The summed E-state index contributed by atoms with van der Waals surface area (Å²) in [7, 11) is -3.87. The van der Waals surface area contributed by atoms with Gasteiger partial charge in [0.05, 0.1) is 15.5 Å². The van der Waals surface area contributed by atoms with Crippen molar-refractivity contribution in [3.05, 3.63) is 88.9 Å². The van der Waals surface area contributed by atoms with E-state index in [-0.39, 0.29) is 21.4 Å². The number of carbonyl (C=O) groups excluding carboxylic acids is 1. The van der Waals surface area contributed by atoms with Gasteiger partial charge in [0.1, 0.15) is 0 Å². The van der Waals surface area contributed by atoms with Gasteiger partial charge in [-0.1, -0.05) is 41.9 Å². The largest absolute Gasteiger partial charge is 0.371 e. The molecule has 0 aliphatic carbocycles. The summed E-state index contributed by atoms with van der Waals surface area (Å²) in [5.74, 6) is -0.0754. The molecule has 0 spiro atoms. The third kappa shape index (κ3) is 5.67. The highest BCUT2D eigenvalue weighted by Crippen LogP contribution is 2.25. The first-order valence-electron chi connectivity index (χ1n) is 10.8. The molecule has 0 radical (unpaired) electrons. The predicted octanol–water partition coefficient (Wildman–Crippen LogP) is 4.71. The summed E-state index contributed by atoms with van der Waals surface area (Å²) in [5, 5.41) is 3.13. The smallest absolute Gasteiger partial charge is 0.261 e. The van der Waals surface area contributed by atoms with Crippen LogP contribution in [0.5, 0.6) is 0 Å². The second kappa shape index (κ2) is 9.85. The lowest BCUT2D eigenvalue weighted by Crippen LogP contribution is -2.31. The Morgan fingerprint density at radius 3 is 2.61 bits per heavy atom. The van der Waals surface area contributed by atoms with Gasteiger partial charge >= 0.3 is 0 Å². The van der Waals surface area contributed by atoms with E-state index in [4.69, 9.17) is 11.6 Å². The van der Waals surface area contributed by atoms with Gasteiger partial charge in [0, 0.05) is 31.0 Å². The van der Waals surface area contributed by atoms with Crippen LogP contribution in [-0.4, -0.2) is 34.0 Å². The summed E-state index contributed by atoms with van der Waals surface area (Å²) >= 11 is 6.24. The Morgan fingerprint density at radius 1 is 1.06 bits per heavy atom. The molecule has 1 heterocycles. The van der Waals surface area contributed by atoms with Crippen molar-refractivity contribution in [2.24, 2.45) is 5.92 Å². The molecule has 1 unspecified atom stereocenters. The van der Waals surface area contributed by atoms with Crippen molar-refractivity contribution in [1.82, 2.24) is 5.32 Å². The van der Waals surface area contributed by atoms with Crippen LogP contribution in [0.2, 0.25) is 5.02 Å². The fourth-order valence-electron chi connectivity index (χ4n) is 3.97. The summed E-state index contributed by atoms with van der Waals surface area (Å²) in [6.45, 7) is 4.17. The minimum Gasteiger partial charge on any atom is -0.371 e. The molecule has 1 aliphatic rings. The number of nitrogens with zero attached hydrogens (tertiary/aromatic N) is 1. The van der Waals surface area contributed by atoms with Crippen LogP contribution < -0.4 is 14.9 Å². The Kier molecular flexibility index (Phi) is 6.91. The average molecular weight is 484 g/mol. The Labute approximate surface area is 199 Å². The predicted molar refractivity (Wildman–Crippen MR) is 133 cm³/mol. The van der Waals surface area contributed by atoms with E-state index >= 15 is 0 Å². The van der Waals surface area contributed by atoms with Crippen molar-refractivity contribution >= 4 is 38.9 Å². The third-order valence-corrected chi connectivity index (χ3v) is 7.43. The van der Waals surface area contributed by atoms with Gasteiger partial charge in [0.15, 0.2) is 0 Å². The minimum atomic E-state index is -3.87. The van der Waals surface area contributed by atoms with Gasteiger partial charge < -0.3 is 10.2 Å². The monoisotopic (exact) mass is 483 g/mol. The first kappa shape index (κ1) is 23.1. The molecule has 1 saturated heterocycles. The maximum absolute atomic E-state index is 12.8. The molecular weight excluding hydrogens is 458 g/mol. The number of sulfonamides is 1. The maximum Gasteiger partial charge on any atom is 0.261 e. The van der Waals surface area contributed by atoms with E-state index in [1.54, 1.807) is 18.2 Å². The number of anilines is 2. The van der Waals surface area contributed by atoms with Gasteiger partial charge in [-0.15, -0.1) is 0 Å². The number of hydrogen-bond donors (Lipinski definition) is 2. The van der Waals surface area contributed by atoms with Crippen LogP contribution in [-0.2, 0) is 10.0 Å². The van der Waals surface area contributed by atoms with Crippen molar-refractivity contribution in [3.63, 3.8) is 0 Å². The SMILES string of the molecule is Cc1cccc(NS(=O)(=O)c2ccc(Cl)c(C(=O)NCC3CCN(c4ccccc4)C3)c2)c1. The molecule has 3 aromatic carbocycles. The highest BCUT2D eigenvalue weighted by atomic mass is 35.5. The highest BCUT2D eigenvalue weighted by Gasteiger charge is 2.24. The summed E-state index contributed by atoms with van der Waals surface area (Å²) in [4.78, 5) is 15.1. The molecule has 0 bridgehead atoms. The summed E-state index contributed by atoms with van der Waals surface area (Å²) in [6, 6.07) is 21.4. The van der Waals surface area contributed by atoms with Gasteiger partial charge in [-0.3, -0.25) is 9.52 Å². The lowest BCUT2D eigenvalue weighted by molar-refractivity contribution is 0.0948. The molecular formula is C25H26ClN3O3S. The molecule has 172 valence electrons. The number of carbonyl (C=O) groups is 1. The van der Waals surface area contributed by atoms with Crippen LogP contribution in [0.4, 0.5) is 11.4 Å². The number of para-hydroxylation sites is 1. The Hall–Kier alpha value is -3.03. The van der Waals surface area contributed by atoms with Crippen molar-refractivity contribution in [2.75, 3.05) is 29.3 Å². The van der Waals surface area contributed by atoms with Crippen LogP contribution in [0, 0.1) is 12.8 Å². The first-order valence-corrected chi connectivity index (χ1v) is 12.7. The van der Waals surface area contributed by atoms with Crippen molar-refractivity contribution < 1.29 is 13.2 Å². The second-order valence-electron chi connectivity index (χ2n) is 8.26. The molecule has 0 saturated carbocycles. The Balaban J connectivity index is 1.41. The van der Waals surface area contributed by atoms with Crippen molar-refractivity contribution in [1.29, 1.82) is 0 Å². The van der Waals surface area contributed by atoms with E-state index < -0.39 is 10.0 Å². The number of nitrogens with one attached hydrogen (secondary N) is 2. The van der Waals surface area contributed by atoms with Gasteiger partial charge in [0.2, 0.25) is 0 Å². The normalized spacial score (nSPS) is 15.9. The van der Waals surface area contributed by atoms with E-state index in [1.165, 1.54) is 23.9 Å². The number of rotatable bonds is 7. The summed E-state index contributed by atoms with van der Waals surface area (Å²) in [5.41, 5.74) is 2.71. The molecule has 4 rings (SSSR count). The summed E-state index contributed by atoms with van der Waals surface area (Å²) in [6.07, 6.45) is 0.970. The quantitative estimate of drug-likeness (QED) is 0.510. The topological polar surface area (TPSA) is 78.5 Å². The second-order valence-corrected chi connectivity index (χ2v) is 10.4. The lowest BCUT2D eigenvalue weighted by atomic mass is 10.1. The molecule has 6 nitrogen and oxygen atoms in total. The molecule has 1 amide bonds. The zero-order valence-electron chi connectivity index (χ0n) is 18.3. The van der Waals surface area contributed by atoms with Crippen LogP contribution in [0.3, 0.4) is 0 Å². The highest BCUT2D eigenvalue weighted by molar-refractivity contribution is 7.92. The van der Waals surface area contributed by atoms with E-state index in [1.807, 2.05) is 31.2 Å². The van der Waals surface area contributed by atoms with Gasteiger partial charge in [0.25, 0.3) is 15.9 Å². The molecule has 33 heavy (non-hydrogen) atoms. The standard InChI is InChI=1S/C25H26ClN3O3S/c1-18-6-5-7-20(14-18)28-33(31,32)22-10-11-24(26)23(15-22)25(30)27-16-19-12-13-29(17-19)21-8-3-2-4-9-21/h2-11,14-15,19,28H,12-13,16-17H2,1H3,(H,27,30).